The molecule has 0 aliphatic heterocycles. The fraction of sp³-hybridized carbons (Fsp3) is 0.0952. The van der Waals surface area contributed by atoms with Crippen LogP contribution >= 0.6 is 0 Å². The highest BCUT2D eigenvalue weighted by atomic mass is 32.2. The van der Waals surface area contributed by atoms with Gasteiger partial charge in [-0.2, -0.15) is 0 Å². The quantitative estimate of drug-likeness (QED) is 0.452. The van der Waals surface area contributed by atoms with E-state index in [0.717, 1.165) is 11.1 Å². The third-order valence-corrected chi connectivity index (χ3v) is 5.85. The molecule has 0 atom stereocenters. The predicted octanol–water partition coefficient (Wildman–Crippen LogP) is 4.26. The lowest BCUT2D eigenvalue weighted by Gasteiger charge is -2.13. The molecule has 0 unspecified atom stereocenters. The monoisotopic (exact) mass is 425 g/mol. The number of aryl methyl sites for hydroxylation is 2. The van der Waals surface area contributed by atoms with Crippen molar-refractivity contribution in [2.45, 2.75) is 18.7 Å². The van der Waals surface area contributed by atoms with Crippen LogP contribution in [0.15, 0.2) is 71.6 Å². The fourth-order valence-corrected chi connectivity index (χ4v) is 4.11. The van der Waals surface area contributed by atoms with E-state index in [1.807, 2.05) is 32.0 Å². The van der Waals surface area contributed by atoms with E-state index in [2.05, 4.69) is 10.0 Å². The molecule has 1 amide bonds. The Balaban J connectivity index is 1.80. The average Bonchev–Trinajstić information content (AvgIpc) is 2.71. The van der Waals surface area contributed by atoms with E-state index in [9.17, 15) is 23.3 Å². The lowest BCUT2D eigenvalue weighted by molar-refractivity contribution is -0.385. The summed E-state index contributed by atoms with van der Waals surface area (Å²) in [6.07, 6.45) is 0. The molecule has 9 heteroatoms. The standard InChI is InChI=1S/C21H19N3O5S/c1-14-6-5-7-15(2)20(14)23-30(28,29)17-12-10-16(11-13-17)22-21(25)18-8-3-4-9-19(18)24(26)27/h3-13,23H,1-2H3,(H,22,25). The largest absolute Gasteiger partial charge is 0.322 e. The predicted molar refractivity (Wildman–Crippen MR) is 114 cm³/mol. The maximum Gasteiger partial charge on any atom is 0.282 e. The lowest BCUT2D eigenvalue weighted by Crippen LogP contribution is -2.16. The van der Waals surface area contributed by atoms with Crippen LogP contribution in [0.4, 0.5) is 17.1 Å². The number of anilines is 2. The summed E-state index contributed by atoms with van der Waals surface area (Å²) >= 11 is 0. The van der Waals surface area contributed by atoms with Gasteiger partial charge in [-0.05, 0) is 55.3 Å². The van der Waals surface area contributed by atoms with E-state index < -0.39 is 20.9 Å². The number of carbonyl (C=O) groups is 1. The van der Waals surface area contributed by atoms with Crippen molar-refractivity contribution in [3.63, 3.8) is 0 Å². The van der Waals surface area contributed by atoms with E-state index in [-0.39, 0.29) is 16.1 Å². The molecule has 0 fully saturated rings. The van der Waals surface area contributed by atoms with Gasteiger partial charge in [-0.1, -0.05) is 30.3 Å². The van der Waals surface area contributed by atoms with Gasteiger partial charge in [0.1, 0.15) is 5.56 Å². The number of nitrogens with zero attached hydrogens (tertiary/aromatic N) is 1. The Morgan fingerprint density at radius 2 is 1.50 bits per heavy atom. The number of para-hydroxylation sites is 2. The number of sulfonamides is 1. The molecule has 0 aliphatic carbocycles. The molecule has 154 valence electrons. The third kappa shape index (κ3) is 4.47. The maximum absolute atomic E-state index is 12.7. The van der Waals surface area contributed by atoms with Crippen LogP contribution in [0.1, 0.15) is 21.5 Å². The average molecular weight is 425 g/mol. The minimum absolute atomic E-state index is 0.0221. The van der Waals surface area contributed by atoms with Crippen LogP contribution in [-0.4, -0.2) is 19.2 Å². The third-order valence-electron chi connectivity index (χ3n) is 4.49. The minimum Gasteiger partial charge on any atom is -0.322 e. The van der Waals surface area contributed by atoms with E-state index in [4.69, 9.17) is 0 Å². The number of carbonyl (C=O) groups excluding carboxylic acids is 1. The zero-order valence-electron chi connectivity index (χ0n) is 16.2. The van der Waals surface area contributed by atoms with Crippen LogP contribution in [0, 0.1) is 24.0 Å². The molecule has 0 aromatic heterocycles. The van der Waals surface area contributed by atoms with Gasteiger partial charge >= 0.3 is 0 Å². The first-order chi connectivity index (χ1) is 14.2. The first kappa shape index (κ1) is 21.0. The molecule has 0 heterocycles. The van der Waals surface area contributed by atoms with Gasteiger partial charge in [0.2, 0.25) is 0 Å². The minimum atomic E-state index is -3.83. The molecule has 3 rings (SSSR count). The molecule has 3 aromatic rings. The molecule has 8 nitrogen and oxygen atoms in total. The highest BCUT2D eigenvalue weighted by Gasteiger charge is 2.20. The van der Waals surface area contributed by atoms with Crippen molar-refractivity contribution < 1.29 is 18.1 Å². The number of nitro groups is 1. The topological polar surface area (TPSA) is 118 Å². The Hall–Kier alpha value is -3.72. The summed E-state index contributed by atoms with van der Waals surface area (Å²) in [5, 5.41) is 13.6. The maximum atomic E-state index is 12.7. The summed E-state index contributed by atoms with van der Waals surface area (Å²) in [6.45, 7) is 3.62. The van der Waals surface area contributed by atoms with Crippen molar-refractivity contribution in [3.05, 3.63) is 93.5 Å². The molecule has 0 saturated heterocycles. The number of nitrogens with one attached hydrogen (secondary N) is 2. The summed E-state index contributed by atoms with van der Waals surface area (Å²) in [5.41, 5.74) is 2.03. The molecular weight excluding hydrogens is 406 g/mol. The van der Waals surface area contributed by atoms with Gasteiger partial charge in [-0.3, -0.25) is 19.6 Å². The normalized spacial score (nSPS) is 11.0. The SMILES string of the molecule is Cc1cccc(C)c1NS(=O)(=O)c1ccc(NC(=O)c2ccccc2[N+](=O)[O-])cc1. The van der Waals surface area contributed by atoms with Gasteiger partial charge in [-0.15, -0.1) is 0 Å². The molecule has 0 bridgehead atoms. The van der Waals surface area contributed by atoms with Gasteiger partial charge < -0.3 is 5.32 Å². The number of hydrogen-bond donors (Lipinski definition) is 2. The van der Waals surface area contributed by atoms with Crippen LogP contribution in [-0.2, 0) is 10.0 Å². The highest BCUT2D eigenvalue weighted by Crippen LogP contribution is 2.25. The number of benzene rings is 3. The first-order valence-electron chi connectivity index (χ1n) is 8.93. The molecule has 0 saturated carbocycles. The molecule has 30 heavy (non-hydrogen) atoms. The second-order valence-electron chi connectivity index (χ2n) is 6.63. The van der Waals surface area contributed by atoms with Crippen molar-refractivity contribution in [3.8, 4) is 0 Å². The second-order valence-corrected chi connectivity index (χ2v) is 8.31. The highest BCUT2D eigenvalue weighted by molar-refractivity contribution is 7.92. The van der Waals surface area contributed by atoms with Crippen LogP contribution < -0.4 is 10.0 Å². The number of hydrogen-bond acceptors (Lipinski definition) is 5. The smallest absolute Gasteiger partial charge is 0.282 e. The van der Waals surface area contributed by atoms with Crippen LogP contribution in [0.25, 0.3) is 0 Å². The summed E-state index contributed by atoms with van der Waals surface area (Å²) in [6, 6.07) is 16.6. The molecular formula is C21H19N3O5S. The number of amides is 1. The summed E-state index contributed by atoms with van der Waals surface area (Å²) in [5.74, 6) is -0.661. The van der Waals surface area contributed by atoms with Crippen molar-refractivity contribution in [1.82, 2.24) is 0 Å². The zero-order chi connectivity index (χ0) is 21.9. The molecule has 3 aromatic carbocycles. The van der Waals surface area contributed by atoms with Gasteiger partial charge in [-0.25, -0.2) is 8.42 Å². The lowest BCUT2D eigenvalue weighted by atomic mass is 10.1. The molecule has 0 aliphatic rings. The number of rotatable bonds is 6. The Morgan fingerprint density at radius 3 is 2.10 bits per heavy atom. The molecule has 0 spiro atoms. The number of nitro benzene ring substituents is 1. The van der Waals surface area contributed by atoms with E-state index in [1.54, 1.807) is 0 Å². The molecule has 0 radical (unpaired) electrons. The van der Waals surface area contributed by atoms with Crippen molar-refractivity contribution in [2.24, 2.45) is 0 Å². The Morgan fingerprint density at radius 1 is 0.900 bits per heavy atom. The van der Waals surface area contributed by atoms with Gasteiger partial charge in [0.15, 0.2) is 0 Å². The summed E-state index contributed by atoms with van der Waals surface area (Å²) in [4.78, 5) is 22.9. The fourth-order valence-electron chi connectivity index (χ4n) is 2.91. The first-order valence-corrected chi connectivity index (χ1v) is 10.4. The summed E-state index contributed by atoms with van der Waals surface area (Å²) < 4.78 is 28.0. The van der Waals surface area contributed by atoms with Gasteiger partial charge in [0.05, 0.1) is 15.5 Å². The van der Waals surface area contributed by atoms with E-state index in [0.29, 0.717) is 11.4 Å². The van der Waals surface area contributed by atoms with E-state index >= 15 is 0 Å². The molecule has 2 N–H and O–H groups in total. The van der Waals surface area contributed by atoms with Crippen LogP contribution in [0.3, 0.4) is 0 Å². The second kappa shape index (κ2) is 8.34. The zero-order valence-corrected chi connectivity index (χ0v) is 17.1. The van der Waals surface area contributed by atoms with E-state index in [1.165, 1.54) is 48.5 Å². The van der Waals surface area contributed by atoms with Gasteiger partial charge in [0, 0.05) is 11.8 Å². The van der Waals surface area contributed by atoms with Gasteiger partial charge in [0.25, 0.3) is 21.6 Å². The van der Waals surface area contributed by atoms with Crippen molar-refractivity contribution >= 4 is 33.0 Å². The Labute approximate surface area is 173 Å². The van der Waals surface area contributed by atoms with Crippen molar-refractivity contribution in [2.75, 3.05) is 10.0 Å². The van der Waals surface area contributed by atoms with Crippen LogP contribution in [0.5, 0.6) is 0 Å². The van der Waals surface area contributed by atoms with Crippen LogP contribution in [0.2, 0.25) is 0 Å². The summed E-state index contributed by atoms with van der Waals surface area (Å²) in [7, 11) is -3.83. The van der Waals surface area contributed by atoms with Crippen molar-refractivity contribution in [1.29, 1.82) is 0 Å². The Bertz CT molecular complexity index is 1200. The Kier molecular flexibility index (Phi) is 5.84.